The van der Waals surface area contributed by atoms with Gasteiger partial charge in [0.2, 0.25) is 0 Å². The van der Waals surface area contributed by atoms with Crippen LogP contribution >= 0.6 is 11.3 Å². The number of para-hydroxylation sites is 1. The van der Waals surface area contributed by atoms with E-state index in [1.54, 1.807) is 18.2 Å². The van der Waals surface area contributed by atoms with Crippen LogP contribution in [0.2, 0.25) is 0 Å². The molecule has 0 amide bonds. The van der Waals surface area contributed by atoms with Gasteiger partial charge in [-0.15, -0.1) is 11.3 Å². The van der Waals surface area contributed by atoms with Gasteiger partial charge >= 0.3 is 0 Å². The van der Waals surface area contributed by atoms with Crippen LogP contribution < -0.4 is 4.74 Å². The van der Waals surface area contributed by atoms with E-state index in [0.717, 1.165) is 5.69 Å². The molecule has 0 fully saturated rings. The number of hydrogen-bond acceptors (Lipinski definition) is 4. The summed E-state index contributed by atoms with van der Waals surface area (Å²) >= 11 is 1.29. The average Bonchev–Trinajstić information content (AvgIpc) is 2.81. The molecule has 98 valence electrons. The second-order valence-electron chi connectivity index (χ2n) is 4.31. The lowest BCUT2D eigenvalue weighted by Gasteiger charge is -2.04. The van der Waals surface area contributed by atoms with Crippen molar-refractivity contribution in [2.45, 2.75) is 26.4 Å². The van der Waals surface area contributed by atoms with E-state index in [-0.39, 0.29) is 18.3 Å². The third kappa shape index (κ3) is 3.09. The van der Waals surface area contributed by atoms with Gasteiger partial charge in [-0.25, -0.2) is 9.37 Å². The monoisotopic (exact) mass is 276 g/mol. The van der Waals surface area contributed by atoms with Gasteiger partial charge in [0.25, 0.3) is 0 Å². The minimum Gasteiger partial charge on any atom is -0.483 e. The van der Waals surface area contributed by atoms with Crippen molar-refractivity contribution in [1.29, 1.82) is 5.26 Å². The van der Waals surface area contributed by atoms with Gasteiger partial charge in [-0.05, 0) is 18.1 Å². The molecule has 0 aliphatic rings. The summed E-state index contributed by atoms with van der Waals surface area (Å²) in [5.74, 6) is -0.0148. The van der Waals surface area contributed by atoms with E-state index in [1.807, 2.05) is 13.8 Å². The Hall–Kier alpha value is -1.93. The van der Waals surface area contributed by atoms with Crippen LogP contribution in [0.15, 0.2) is 24.3 Å². The molecule has 0 aliphatic heterocycles. The van der Waals surface area contributed by atoms with E-state index < -0.39 is 5.82 Å². The fraction of sp³-hybridized carbons (Fsp3) is 0.286. The summed E-state index contributed by atoms with van der Waals surface area (Å²) in [7, 11) is 0. The Morgan fingerprint density at radius 1 is 1.42 bits per heavy atom. The molecule has 0 bridgehead atoms. The zero-order valence-electron chi connectivity index (χ0n) is 10.7. The number of nitriles is 1. The first-order valence-corrected chi connectivity index (χ1v) is 6.70. The molecule has 0 spiro atoms. The Morgan fingerprint density at radius 3 is 2.74 bits per heavy atom. The molecule has 0 N–H and O–H groups in total. The molecule has 19 heavy (non-hydrogen) atoms. The van der Waals surface area contributed by atoms with E-state index in [1.165, 1.54) is 17.4 Å². The highest BCUT2D eigenvalue weighted by atomic mass is 32.1. The fourth-order valence-corrected chi connectivity index (χ4v) is 2.54. The molecule has 0 aliphatic carbocycles. The maximum atomic E-state index is 13.4. The van der Waals surface area contributed by atoms with Crippen molar-refractivity contribution in [2.75, 3.05) is 0 Å². The molecular formula is C14H13FN2OS. The van der Waals surface area contributed by atoms with Crippen molar-refractivity contribution in [3.8, 4) is 11.8 Å². The predicted molar refractivity (Wildman–Crippen MR) is 71.7 cm³/mol. The van der Waals surface area contributed by atoms with Crippen molar-refractivity contribution in [1.82, 2.24) is 4.98 Å². The standard InChI is InChI=1S/C14H13FN2OS/c1-9(2)14-12(7-16)19-13(17-14)8-18-11-6-4-3-5-10(11)15/h3-6,9H,8H2,1-2H3. The maximum absolute atomic E-state index is 13.4. The number of nitrogens with zero attached hydrogens (tertiary/aromatic N) is 2. The molecule has 1 aromatic carbocycles. The molecule has 0 saturated heterocycles. The zero-order chi connectivity index (χ0) is 13.8. The van der Waals surface area contributed by atoms with Crippen molar-refractivity contribution >= 4 is 11.3 Å². The maximum Gasteiger partial charge on any atom is 0.165 e. The van der Waals surface area contributed by atoms with Gasteiger partial charge in [-0.2, -0.15) is 5.26 Å². The van der Waals surface area contributed by atoms with E-state index in [4.69, 9.17) is 10.00 Å². The second-order valence-corrected chi connectivity index (χ2v) is 5.39. The van der Waals surface area contributed by atoms with Gasteiger partial charge in [0.05, 0.1) is 5.69 Å². The van der Waals surface area contributed by atoms with Crippen LogP contribution in [0.3, 0.4) is 0 Å². The summed E-state index contributed by atoms with van der Waals surface area (Å²) < 4.78 is 18.8. The summed E-state index contributed by atoms with van der Waals surface area (Å²) in [5.41, 5.74) is 0.777. The van der Waals surface area contributed by atoms with Gasteiger partial charge in [0, 0.05) is 0 Å². The molecular weight excluding hydrogens is 263 g/mol. The molecule has 0 saturated carbocycles. The van der Waals surface area contributed by atoms with Crippen LogP contribution in [0.4, 0.5) is 4.39 Å². The molecule has 5 heteroatoms. The van der Waals surface area contributed by atoms with Crippen molar-refractivity contribution in [3.05, 3.63) is 45.7 Å². The summed E-state index contributed by atoms with van der Waals surface area (Å²) in [6, 6.07) is 8.36. The summed E-state index contributed by atoms with van der Waals surface area (Å²) in [5, 5.41) is 9.71. The quantitative estimate of drug-likeness (QED) is 0.852. The van der Waals surface area contributed by atoms with Crippen LogP contribution in [-0.2, 0) is 6.61 Å². The smallest absolute Gasteiger partial charge is 0.165 e. The first-order valence-electron chi connectivity index (χ1n) is 5.89. The van der Waals surface area contributed by atoms with Gasteiger partial charge in [0.15, 0.2) is 11.6 Å². The molecule has 3 nitrogen and oxygen atoms in total. The average molecular weight is 276 g/mol. The third-order valence-electron chi connectivity index (χ3n) is 2.53. The molecule has 0 atom stereocenters. The SMILES string of the molecule is CC(C)c1nc(COc2ccccc2F)sc1C#N. The van der Waals surface area contributed by atoms with E-state index in [0.29, 0.717) is 9.88 Å². The lowest BCUT2D eigenvalue weighted by molar-refractivity contribution is 0.289. The molecule has 2 aromatic rings. The number of hydrogen-bond donors (Lipinski definition) is 0. The highest BCUT2D eigenvalue weighted by Gasteiger charge is 2.14. The molecule has 0 radical (unpaired) electrons. The zero-order valence-corrected chi connectivity index (χ0v) is 11.5. The van der Waals surface area contributed by atoms with Crippen molar-refractivity contribution in [3.63, 3.8) is 0 Å². The van der Waals surface area contributed by atoms with Crippen LogP contribution in [0.5, 0.6) is 5.75 Å². The number of halogens is 1. The first-order chi connectivity index (χ1) is 9.11. The Bertz CT molecular complexity index is 616. The highest BCUT2D eigenvalue weighted by Crippen LogP contribution is 2.25. The van der Waals surface area contributed by atoms with Gasteiger partial charge in [-0.3, -0.25) is 0 Å². The van der Waals surface area contributed by atoms with Gasteiger partial charge < -0.3 is 4.74 Å². The minimum absolute atomic E-state index is 0.174. The lowest BCUT2D eigenvalue weighted by Crippen LogP contribution is -1.97. The van der Waals surface area contributed by atoms with Crippen LogP contribution in [0, 0.1) is 17.1 Å². The Kier molecular flexibility index (Phi) is 4.13. The predicted octanol–water partition coefficient (Wildman–Crippen LogP) is 3.86. The summed E-state index contributed by atoms with van der Waals surface area (Å²) in [6.07, 6.45) is 0. The minimum atomic E-state index is -0.399. The number of ether oxygens (including phenoxy) is 1. The Labute approximate surface area is 115 Å². The fourth-order valence-electron chi connectivity index (χ4n) is 1.61. The molecule has 1 aromatic heterocycles. The highest BCUT2D eigenvalue weighted by molar-refractivity contribution is 7.12. The van der Waals surface area contributed by atoms with E-state index in [2.05, 4.69) is 11.1 Å². The van der Waals surface area contributed by atoms with Gasteiger partial charge in [-0.1, -0.05) is 26.0 Å². The largest absolute Gasteiger partial charge is 0.483 e. The third-order valence-corrected chi connectivity index (χ3v) is 3.48. The van der Waals surface area contributed by atoms with Crippen molar-refractivity contribution in [2.24, 2.45) is 0 Å². The Balaban J connectivity index is 2.13. The van der Waals surface area contributed by atoms with Crippen LogP contribution in [0.1, 0.15) is 35.3 Å². The van der Waals surface area contributed by atoms with Crippen LogP contribution in [0.25, 0.3) is 0 Å². The molecule has 1 heterocycles. The van der Waals surface area contributed by atoms with E-state index in [9.17, 15) is 4.39 Å². The second kappa shape index (κ2) is 5.81. The number of rotatable bonds is 4. The topological polar surface area (TPSA) is 45.9 Å². The molecule has 0 unspecified atom stereocenters. The summed E-state index contributed by atoms with van der Waals surface area (Å²) in [6.45, 7) is 4.14. The lowest BCUT2D eigenvalue weighted by atomic mass is 10.1. The summed E-state index contributed by atoms with van der Waals surface area (Å²) in [4.78, 5) is 4.97. The number of thiazole rings is 1. The number of aromatic nitrogens is 1. The van der Waals surface area contributed by atoms with Crippen molar-refractivity contribution < 1.29 is 9.13 Å². The van der Waals surface area contributed by atoms with Gasteiger partial charge in [0.1, 0.15) is 22.6 Å². The van der Waals surface area contributed by atoms with Crippen LogP contribution in [-0.4, -0.2) is 4.98 Å². The first kappa shape index (κ1) is 13.5. The van der Waals surface area contributed by atoms with E-state index >= 15 is 0 Å². The Morgan fingerprint density at radius 2 is 2.16 bits per heavy atom. The number of benzene rings is 1. The molecule has 2 rings (SSSR count). The normalized spacial score (nSPS) is 10.5.